The summed E-state index contributed by atoms with van der Waals surface area (Å²) < 4.78 is 7.42. The third-order valence-corrected chi connectivity index (χ3v) is 6.17. The van der Waals surface area contributed by atoms with Gasteiger partial charge in [-0.25, -0.2) is 9.79 Å². The largest absolute Gasteiger partial charge is 0.463 e. The molecule has 4 rings (SSSR count). The summed E-state index contributed by atoms with van der Waals surface area (Å²) in [6.07, 6.45) is 9.37. The number of hydrogen-bond acceptors (Lipinski definition) is 5. The van der Waals surface area contributed by atoms with Gasteiger partial charge in [-0.3, -0.25) is 9.36 Å². The average molecular weight is 457 g/mol. The maximum absolute atomic E-state index is 13.4. The monoisotopic (exact) mass is 456 g/mol. The highest BCUT2D eigenvalue weighted by Crippen LogP contribution is 2.26. The maximum Gasteiger partial charge on any atom is 0.338 e. The molecule has 2 heterocycles. The van der Waals surface area contributed by atoms with Gasteiger partial charge in [-0.2, -0.15) is 0 Å². The molecule has 0 amide bonds. The Hall–Kier alpha value is -3.77. The predicted octanol–water partition coefficient (Wildman–Crippen LogP) is 4.13. The lowest BCUT2D eigenvalue weighted by molar-refractivity contribution is -0.139. The summed E-state index contributed by atoms with van der Waals surface area (Å²) in [5.74, 6) is -0.459. The molecule has 0 aliphatic carbocycles. The fourth-order valence-electron chi connectivity index (χ4n) is 3.61. The van der Waals surface area contributed by atoms with Crippen molar-refractivity contribution < 1.29 is 9.53 Å². The van der Waals surface area contributed by atoms with Crippen molar-refractivity contribution in [2.45, 2.75) is 19.9 Å². The van der Waals surface area contributed by atoms with Gasteiger partial charge in [-0.15, -0.1) is 0 Å². The second-order valence-corrected chi connectivity index (χ2v) is 8.42. The molecule has 0 saturated carbocycles. The van der Waals surface area contributed by atoms with Gasteiger partial charge in [0, 0.05) is 0 Å². The zero-order valence-corrected chi connectivity index (χ0v) is 19.3. The lowest BCUT2D eigenvalue weighted by Gasteiger charge is -2.21. The van der Waals surface area contributed by atoms with Crippen molar-refractivity contribution in [1.29, 1.82) is 0 Å². The SMILES string of the molecule is CCOC(=O)C1=C(C)N=c2s/c(=C/C=C/c3ccccc3)c(=O)n2[C@@H]1/C=C/c1ccccc1. The predicted molar refractivity (Wildman–Crippen MR) is 133 cm³/mol. The van der Waals surface area contributed by atoms with Crippen LogP contribution >= 0.6 is 11.3 Å². The molecule has 166 valence electrons. The van der Waals surface area contributed by atoms with Gasteiger partial charge >= 0.3 is 5.97 Å². The molecule has 3 aromatic rings. The van der Waals surface area contributed by atoms with Crippen LogP contribution in [0.3, 0.4) is 0 Å². The summed E-state index contributed by atoms with van der Waals surface area (Å²) in [7, 11) is 0. The number of carbonyl (C=O) groups is 1. The van der Waals surface area contributed by atoms with Gasteiger partial charge in [-0.05, 0) is 31.1 Å². The minimum atomic E-state index is -0.597. The molecule has 1 aliphatic heterocycles. The van der Waals surface area contributed by atoms with Gasteiger partial charge in [0.25, 0.3) is 5.56 Å². The van der Waals surface area contributed by atoms with Crippen molar-refractivity contribution in [3.05, 3.63) is 115 Å². The molecule has 0 N–H and O–H groups in total. The molecule has 0 bridgehead atoms. The lowest BCUT2D eigenvalue weighted by atomic mass is 10.0. The van der Waals surface area contributed by atoms with E-state index in [0.717, 1.165) is 11.1 Å². The number of aromatic nitrogens is 1. The molecule has 5 nitrogen and oxygen atoms in total. The van der Waals surface area contributed by atoms with Crippen LogP contribution in [0.15, 0.2) is 93.9 Å². The van der Waals surface area contributed by atoms with Crippen LogP contribution in [-0.4, -0.2) is 17.1 Å². The standard InChI is InChI=1S/C27H24N2O3S/c1-3-32-26(31)24-19(2)28-27-29(22(24)18-17-21-13-8-5-9-14-21)25(30)23(33-27)16-10-15-20-11-6-4-7-12-20/h4-18,22H,3H2,1-2H3/b15-10+,18-17+,23-16+/t22-/m1/s1. The molecule has 33 heavy (non-hydrogen) atoms. The third-order valence-electron chi connectivity index (χ3n) is 5.17. The minimum absolute atomic E-state index is 0.187. The molecule has 6 heteroatoms. The zero-order chi connectivity index (χ0) is 23.2. The minimum Gasteiger partial charge on any atom is -0.463 e. The van der Waals surface area contributed by atoms with Crippen molar-refractivity contribution in [2.75, 3.05) is 6.61 Å². The third kappa shape index (κ3) is 5.02. The number of fused-ring (bicyclic) bond motifs is 1. The normalized spacial score (nSPS) is 16.3. The Morgan fingerprint density at radius 3 is 2.33 bits per heavy atom. The average Bonchev–Trinajstić information content (AvgIpc) is 3.13. The summed E-state index contributed by atoms with van der Waals surface area (Å²) in [5, 5.41) is 0. The van der Waals surface area contributed by atoms with Gasteiger partial charge in [-0.1, -0.05) is 96.3 Å². The summed E-state index contributed by atoms with van der Waals surface area (Å²) >= 11 is 1.31. The van der Waals surface area contributed by atoms with Crippen LogP contribution in [0.25, 0.3) is 18.2 Å². The van der Waals surface area contributed by atoms with E-state index in [1.165, 1.54) is 11.3 Å². The molecule has 0 saturated heterocycles. The van der Waals surface area contributed by atoms with Crippen LogP contribution in [0.1, 0.15) is 31.0 Å². The summed E-state index contributed by atoms with van der Waals surface area (Å²) in [5.41, 5.74) is 2.77. The van der Waals surface area contributed by atoms with E-state index in [4.69, 9.17) is 4.74 Å². The first-order valence-corrected chi connectivity index (χ1v) is 11.5. The van der Waals surface area contributed by atoms with E-state index in [1.54, 1.807) is 24.5 Å². The van der Waals surface area contributed by atoms with Gasteiger partial charge in [0.15, 0.2) is 4.80 Å². The number of thiazole rings is 1. The molecule has 0 unspecified atom stereocenters. The summed E-state index contributed by atoms with van der Waals surface area (Å²) in [6.45, 7) is 3.79. The molecule has 0 spiro atoms. The number of rotatable bonds is 6. The number of carbonyl (C=O) groups excluding carboxylic acids is 1. The smallest absolute Gasteiger partial charge is 0.338 e. The van der Waals surface area contributed by atoms with E-state index in [2.05, 4.69) is 4.99 Å². The van der Waals surface area contributed by atoms with Crippen LogP contribution < -0.4 is 14.9 Å². The van der Waals surface area contributed by atoms with Gasteiger partial charge in [0.2, 0.25) is 0 Å². The molecule has 1 aromatic heterocycles. The van der Waals surface area contributed by atoms with Gasteiger partial charge in [0.05, 0.1) is 28.5 Å². The Labute approximate surface area is 196 Å². The zero-order valence-electron chi connectivity index (χ0n) is 18.5. The van der Waals surface area contributed by atoms with Crippen molar-refractivity contribution >= 4 is 35.5 Å². The highest BCUT2D eigenvalue weighted by molar-refractivity contribution is 7.07. The highest BCUT2D eigenvalue weighted by Gasteiger charge is 2.30. The fourth-order valence-corrected chi connectivity index (χ4v) is 4.61. The molecular weight excluding hydrogens is 432 g/mol. The Kier molecular flexibility index (Phi) is 6.95. The number of allylic oxidation sites excluding steroid dienone is 3. The molecule has 0 radical (unpaired) electrons. The molecule has 2 aromatic carbocycles. The summed E-state index contributed by atoms with van der Waals surface area (Å²) in [4.78, 5) is 31.3. The number of nitrogens with zero attached hydrogens (tertiary/aromatic N) is 2. The Bertz CT molecular complexity index is 1410. The van der Waals surface area contributed by atoms with Crippen LogP contribution in [0.2, 0.25) is 0 Å². The second kappa shape index (κ2) is 10.2. The van der Waals surface area contributed by atoms with Crippen LogP contribution in [0.5, 0.6) is 0 Å². The van der Waals surface area contributed by atoms with E-state index in [9.17, 15) is 9.59 Å². The molecule has 1 aliphatic rings. The molecule has 1 atom stereocenters. The van der Waals surface area contributed by atoms with Crippen LogP contribution in [0, 0.1) is 0 Å². The first kappa shape index (κ1) is 22.4. The quantitative estimate of drug-likeness (QED) is 0.524. The fraction of sp³-hybridized carbons (Fsp3) is 0.148. The maximum atomic E-state index is 13.4. The number of hydrogen-bond donors (Lipinski definition) is 0. The van der Waals surface area contributed by atoms with Crippen LogP contribution in [0.4, 0.5) is 0 Å². The van der Waals surface area contributed by atoms with Gasteiger partial charge < -0.3 is 4.74 Å². The first-order valence-electron chi connectivity index (χ1n) is 10.7. The molecule has 0 fully saturated rings. The first-order chi connectivity index (χ1) is 16.1. The topological polar surface area (TPSA) is 60.7 Å². The Morgan fingerprint density at radius 1 is 1.06 bits per heavy atom. The number of benzene rings is 2. The van der Waals surface area contributed by atoms with Crippen molar-refractivity contribution in [2.24, 2.45) is 4.99 Å². The lowest BCUT2D eigenvalue weighted by Crippen LogP contribution is -2.38. The highest BCUT2D eigenvalue weighted by atomic mass is 32.1. The second-order valence-electron chi connectivity index (χ2n) is 7.41. The number of esters is 1. The van der Waals surface area contributed by atoms with Crippen molar-refractivity contribution in [3.63, 3.8) is 0 Å². The Morgan fingerprint density at radius 2 is 1.70 bits per heavy atom. The van der Waals surface area contributed by atoms with Crippen molar-refractivity contribution in [3.8, 4) is 0 Å². The van der Waals surface area contributed by atoms with Crippen LogP contribution in [-0.2, 0) is 9.53 Å². The van der Waals surface area contributed by atoms with E-state index >= 15 is 0 Å². The van der Waals surface area contributed by atoms with Crippen molar-refractivity contribution in [1.82, 2.24) is 4.57 Å². The van der Waals surface area contributed by atoms with E-state index < -0.39 is 12.0 Å². The van der Waals surface area contributed by atoms with E-state index in [1.807, 2.05) is 85.0 Å². The van der Waals surface area contributed by atoms with E-state index in [-0.39, 0.29) is 12.2 Å². The number of ether oxygens (including phenoxy) is 1. The summed E-state index contributed by atoms with van der Waals surface area (Å²) in [6, 6.07) is 19.0. The van der Waals surface area contributed by atoms with E-state index in [0.29, 0.717) is 20.6 Å². The van der Waals surface area contributed by atoms with Gasteiger partial charge in [0.1, 0.15) is 0 Å². The molecular formula is C27H24N2O3S. The Balaban J connectivity index is 1.79.